The van der Waals surface area contributed by atoms with Crippen LogP contribution in [0.15, 0.2) is 18.2 Å². The van der Waals surface area contributed by atoms with Gasteiger partial charge in [0.05, 0.1) is 20.3 Å². The van der Waals surface area contributed by atoms with E-state index in [0.29, 0.717) is 5.56 Å². The summed E-state index contributed by atoms with van der Waals surface area (Å²) >= 11 is 0. The van der Waals surface area contributed by atoms with Gasteiger partial charge in [0.1, 0.15) is 12.5 Å². The number of halogens is 1. The van der Waals surface area contributed by atoms with Gasteiger partial charge in [-0.3, -0.25) is 4.79 Å². The van der Waals surface area contributed by atoms with E-state index < -0.39 is 29.2 Å². The summed E-state index contributed by atoms with van der Waals surface area (Å²) in [5.74, 6) is -1.57. The van der Waals surface area contributed by atoms with E-state index in [2.05, 4.69) is 0 Å². The third-order valence-electron chi connectivity index (χ3n) is 3.68. The van der Waals surface area contributed by atoms with E-state index in [-0.39, 0.29) is 18.7 Å². The van der Waals surface area contributed by atoms with Crippen LogP contribution in [-0.4, -0.2) is 37.0 Å². The molecule has 0 bridgehead atoms. The monoisotopic (exact) mass is 350 g/mol. The lowest BCUT2D eigenvalue weighted by Gasteiger charge is -2.38. The molecule has 0 aromatic heterocycles. The first kappa shape index (κ1) is 20.4. The van der Waals surface area contributed by atoms with E-state index in [1.54, 1.807) is 26.8 Å². The van der Waals surface area contributed by atoms with Gasteiger partial charge in [0, 0.05) is 6.54 Å². The lowest BCUT2D eigenvalue weighted by molar-refractivity contribution is -0.158. The Kier molecular flexibility index (Phi) is 6.92. The molecule has 0 aliphatic heterocycles. The molecular weight excluding hydrogens is 327 g/mol. The summed E-state index contributed by atoms with van der Waals surface area (Å²) in [7, 11) is 2.59. The van der Waals surface area contributed by atoms with Crippen LogP contribution < -0.4 is 4.74 Å². The molecule has 1 aromatic rings. The van der Waals surface area contributed by atoms with E-state index in [0.717, 1.165) is 0 Å². The van der Waals surface area contributed by atoms with Gasteiger partial charge in [-0.1, -0.05) is 26.8 Å². The predicted octanol–water partition coefficient (Wildman–Crippen LogP) is 2.66. The molecule has 0 heterocycles. The topological polar surface area (TPSA) is 79.6 Å². The number of nitriles is 1. The van der Waals surface area contributed by atoms with E-state index in [1.807, 2.05) is 0 Å². The van der Waals surface area contributed by atoms with Gasteiger partial charge in [-0.2, -0.15) is 5.26 Å². The van der Waals surface area contributed by atoms with Gasteiger partial charge in [-0.05, 0) is 23.1 Å². The quantitative estimate of drug-likeness (QED) is 0.737. The van der Waals surface area contributed by atoms with Crippen molar-refractivity contribution in [2.45, 2.75) is 39.8 Å². The molecule has 1 amide bonds. The number of nitrogens with zero attached hydrogens (tertiary/aromatic N) is 2. The summed E-state index contributed by atoms with van der Waals surface area (Å²) < 4.78 is 23.4. The maximum Gasteiger partial charge on any atom is 0.329 e. The molecule has 136 valence electrons. The Morgan fingerprint density at radius 3 is 2.44 bits per heavy atom. The van der Waals surface area contributed by atoms with Crippen molar-refractivity contribution in [3.8, 4) is 11.8 Å². The molecule has 0 fully saturated rings. The minimum atomic E-state index is -0.894. The smallest absolute Gasteiger partial charge is 0.329 e. The van der Waals surface area contributed by atoms with E-state index >= 15 is 0 Å². The second-order valence-electron chi connectivity index (χ2n) is 6.62. The standard InChI is InChI=1S/C18H23FN2O4/c1-18(2,3)16(17(23)25-5)21(15(22)8-9-20)11-12-6-7-13(19)14(10-12)24-4/h6-7,10,16H,8,11H2,1-5H3/t16-/m1/s1. The van der Waals surface area contributed by atoms with Crippen molar-refractivity contribution in [2.75, 3.05) is 14.2 Å². The molecule has 1 atom stereocenters. The van der Waals surface area contributed by atoms with Gasteiger partial charge in [0.2, 0.25) is 5.91 Å². The van der Waals surface area contributed by atoms with Gasteiger partial charge in [-0.25, -0.2) is 9.18 Å². The zero-order valence-corrected chi connectivity index (χ0v) is 15.1. The van der Waals surface area contributed by atoms with E-state index in [4.69, 9.17) is 14.7 Å². The highest BCUT2D eigenvalue weighted by Crippen LogP contribution is 2.28. The van der Waals surface area contributed by atoms with Crippen LogP contribution in [0.5, 0.6) is 5.75 Å². The Balaban J connectivity index is 3.31. The zero-order valence-electron chi connectivity index (χ0n) is 15.1. The Morgan fingerprint density at radius 1 is 1.32 bits per heavy atom. The van der Waals surface area contributed by atoms with Gasteiger partial charge in [0.25, 0.3) is 0 Å². The Labute approximate surface area is 147 Å². The van der Waals surface area contributed by atoms with E-state index in [1.165, 1.54) is 37.3 Å². The minimum absolute atomic E-state index is 0.0220. The second kappa shape index (κ2) is 8.47. The number of esters is 1. The Bertz CT molecular complexity index is 677. The highest BCUT2D eigenvalue weighted by atomic mass is 19.1. The summed E-state index contributed by atoms with van der Waals surface area (Å²) in [4.78, 5) is 26.1. The summed E-state index contributed by atoms with van der Waals surface area (Å²) in [6, 6.07) is 5.09. The Hall–Kier alpha value is -2.62. The number of carbonyl (C=O) groups is 2. The molecule has 0 N–H and O–H groups in total. The third kappa shape index (κ3) is 5.18. The average Bonchev–Trinajstić information content (AvgIpc) is 2.54. The molecule has 1 rings (SSSR count). The van der Waals surface area contributed by atoms with Crippen LogP contribution in [0.3, 0.4) is 0 Å². The summed E-state index contributed by atoms with van der Waals surface area (Å²) in [5, 5.41) is 8.87. The van der Waals surface area contributed by atoms with Crippen molar-refractivity contribution in [2.24, 2.45) is 5.41 Å². The maximum absolute atomic E-state index is 13.6. The molecule has 0 unspecified atom stereocenters. The number of hydrogen-bond acceptors (Lipinski definition) is 5. The summed E-state index contributed by atoms with van der Waals surface area (Å²) in [5.41, 5.74) is -0.0508. The van der Waals surface area contributed by atoms with Crippen LogP contribution in [-0.2, 0) is 20.9 Å². The average molecular weight is 350 g/mol. The molecule has 0 radical (unpaired) electrons. The highest BCUT2D eigenvalue weighted by Gasteiger charge is 2.39. The molecule has 0 spiro atoms. The third-order valence-corrected chi connectivity index (χ3v) is 3.68. The molecule has 0 saturated carbocycles. The summed E-state index contributed by atoms with van der Waals surface area (Å²) in [6.07, 6.45) is -0.373. The van der Waals surface area contributed by atoms with Crippen molar-refractivity contribution in [3.63, 3.8) is 0 Å². The first-order chi connectivity index (χ1) is 11.6. The number of amides is 1. The van der Waals surface area contributed by atoms with E-state index in [9.17, 15) is 14.0 Å². The number of hydrogen-bond donors (Lipinski definition) is 0. The number of ether oxygens (including phenoxy) is 2. The maximum atomic E-state index is 13.6. The molecule has 0 saturated heterocycles. The number of methoxy groups -OCH3 is 2. The van der Waals surface area contributed by atoms with Crippen LogP contribution in [0.4, 0.5) is 4.39 Å². The zero-order chi connectivity index (χ0) is 19.2. The first-order valence-electron chi connectivity index (χ1n) is 7.72. The van der Waals surface area contributed by atoms with Gasteiger partial charge in [0.15, 0.2) is 11.6 Å². The molecular formula is C18H23FN2O4. The van der Waals surface area contributed by atoms with Gasteiger partial charge < -0.3 is 14.4 Å². The normalized spacial score (nSPS) is 12.0. The molecule has 25 heavy (non-hydrogen) atoms. The first-order valence-corrected chi connectivity index (χ1v) is 7.72. The Morgan fingerprint density at radius 2 is 1.96 bits per heavy atom. The van der Waals surface area contributed by atoms with Gasteiger partial charge in [-0.15, -0.1) is 0 Å². The molecule has 0 aliphatic rings. The van der Waals surface area contributed by atoms with Crippen LogP contribution >= 0.6 is 0 Å². The fraction of sp³-hybridized carbons (Fsp3) is 0.500. The number of carbonyl (C=O) groups excluding carboxylic acids is 2. The fourth-order valence-electron chi connectivity index (χ4n) is 2.55. The molecule has 1 aromatic carbocycles. The lowest BCUT2D eigenvalue weighted by Crippen LogP contribution is -2.52. The predicted molar refractivity (Wildman–Crippen MR) is 89.0 cm³/mol. The van der Waals surface area contributed by atoms with Crippen LogP contribution in [0.25, 0.3) is 0 Å². The van der Waals surface area contributed by atoms with Crippen LogP contribution in [0.2, 0.25) is 0 Å². The molecule has 7 heteroatoms. The number of rotatable bonds is 6. The van der Waals surface area contributed by atoms with Gasteiger partial charge >= 0.3 is 5.97 Å². The van der Waals surface area contributed by atoms with Crippen LogP contribution in [0.1, 0.15) is 32.8 Å². The van der Waals surface area contributed by atoms with Crippen molar-refractivity contribution >= 4 is 11.9 Å². The minimum Gasteiger partial charge on any atom is -0.494 e. The molecule has 6 nitrogen and oxygen atoms in total. The van der Waals surface area contributed by atoms with Crippen molar-refractivity contribution < 1.29 is 23.5 Å². The van der Waals surface area contributed by atoms with Crippen molar-refractivity contribution in [3.05, 3.63) is 29.6 Å². The highest BCUT2D eigenvalue weighted by molar-refractivity contribution is 5.86. The number of benzene rings is 1. The van der Waals surface area contributed by atoms with Crippen LogP contribution in [0, 0.1) is 22.6 Å². The van der Waals surface area contributed by atoms with Crippen molar-refractivity contribution in [1.82, 2.24) is 4.90 Å². The SMILES string of the molecule is COC(=O)[C@@H](N(Cc1ccc(F)c(OC)c1)C(=O)CC#N)C(C)(C)C. The lowest BCUT2D eigenvalue weighted by atomic mass is 9.85. The summed E-state index contributed by atoms with van der Waals surface area (Å²) in [6.45, 7) is 5.42. The van der Waals surface area contributed by atoms with Crippen molar-refractivity contribution in [1.29, 1.82) is 5.26 Å². The molecule has 0 aliphatic carbocycles. The largest absolute Gasteiger partial charge is 0.494 e. The second-order valence-corrected chi connectivity index (χ2v) is 6.62. The fourth-order valence-corrected chi connectivity index (χ4v) is 2.55.